The Morgan fingerprint density at radius 1 is 1.38 bits per heavy atom. The molecule has 0 unspecified atom stereocenters. The number of aliphatic hydroxyl groups excluding tert-OH is 1. The van der Waals surface area contributed by atoms with Crippen molar-refractivity contribution in [3.63, 3.8) is 0 Å². The van der Waals surface area contributed by atoms with Crippen LogP contribution in [0.5, 0.6) is 0 Å². The van der Waals surface area contributed by atoms with E-state index < -0.39 is 0 Å². The second kappa shape index (κ2) is 5.78. The predicted octanol–water partition coefficient (Wildman–Crippen LogP) is 3.26. The van der Waals surface area contributed by atoms with Crippen molar-refractivity contribution in [2.45, 2.75) is 64.6 Å². The van der Waals surface area contributed by atoms with Gasteiger partial charge in [0, 0.05) is 18.5 Å². The molecule has 0 bridgehead atoms. The first-order chi connectivity index (χ1) is 10.0. The van der Waals surface area contributed by atoms with E-state index in [9.17, 15) is 5.11 Å². The topological polar surface area (TPSA) is 58.3 Å². The third kappa shape index (κ3) is 2.97. The van der Waals surface area contributed by atoms with Gasteiger partial charge < -0.3 is 14.8 Å². The number of aliphatic hydroxyl groups is 1. The predicted molar refractivity (Wildman–Crippen MR) is 83.3 cm³/mol. The Bertz CT molecular complexity index is 633. The number of hydrogen-bond donors (Lipinski definition) is 2. The maximum atomic E-state index is 9.87. The van der Waals surface area contributed by atoms with Crippen LogP contribution in [0.1, 0.15) is 56.0 Å². The maximum Gasteiger partial charge on any atom is 0.198 e. The van der Waals surface area contributed by atoms with E-state index in [2.05, 4.69) is 43.2 Å². The molecule has 1 aliphatic rings. The minimum Gasteiger partial charge on any atom is -0.440 e. The summed E-state index contributed by atoms with van der Waals surface area (Å²) in [5.41, 5.74) is 4.14. The molecule has 1 aromatic carbocycles. The van der Waals surface area contributed by atoms with Crippen LogP contribution >= 0.6 is 0 Å². The van der Waals surface area contributed by atoms with E-state index in [4.69, 9.17) is 4.42 Å². The van der Waals surface area contributed by atoms with Crippen molar-refractivity contribution in [2.75, 3.05) is 0 Å². The summed E-state index contributed by atoms with van der Waals surface area (Å²) in [7, 11) is 0. The molecule has 1 aliphatic carbocycles. The van der Waals surface area contributed by atoms with Gasteiger partial charge in [0.2, 0.25) is 0 Å². The normalized spacial score (nSPS) is 22.5. The van der Waals surface area contributed by atoms with E-state index in [1.165, 1.54) is 5.56 Å². The van der Waals surface area contributed by atoms with Crippen LogP contribution in [0.25, 0.3) is 11.1 Å². The van der Waals surface area contributed by atoms with Gasteiger partial charge in [0.05, 0.1) is 6.10 Å². The standard InChI is InChI=1S/C17H24N2O2/c1-10(2)17-19-14-8-12(7-11(3)16(14)21-17)9-18-13-5-4-6-15(13)20/h7-8,10,13,15,18,20H,4-6,9H2,1-3H3/t13-,15+/m1/s1. The molecular weight excluding hydrogens is 264 g/mol. The molecule has 4 nitrogen and oxygen atoms in total. The summed E-state index contributed by atoms with van der Waals surface area (Å²) in [4.78, 5) is 4.58. The quantitative estimate of drug-likeness (QED) is 0.906. The van der Waals surface area contributed by atoms with E-state index >= 15 is 0 Å². The molecule has 2 N–H and O–H groups in total. The minimum absolute atomic E-state index is 0.200. The maximum absolute atomic E-state index is 9.87. The Hall–Kier alpha value is -1.39. The first kappa shape index (κ1) is 14.5. The number of rotatable bonds is 4. The third-order valence-corrected chi connectivity index (χ3v) is 4.29. The van der Waals surface area contributed by atoms with Crippen molar-refractivity contribution >= 4 is 11.1 Å². The fourth-order valence-electron chi connectivity index (χ4n) is 3.07. The molecule has 0 amide bonds. The van der Waals surface area contributed by atoms with Gasteiger partial charge in [0.25, 0.3) is 0 Å². The van der Waals surface area contributed by atoms with E-state index in [0.717, 1.165) is 48.4 Å². The molecule has 3 rings (SSSR count). The molecule has 1 saturated carbocycles. The van der Waals surface area contributed by atoms with Crippen LogP contribution in [0.4, 0.5) is 0 Å². The van der Waals surface area contributed by atoms with Gasteiger partial charge in [0.15, 0.2) is 11.5 Å². The number of nitrogens with one attached hydrogen (secondary N) is 1. The molecule has 0 aliphatic heterocycles. The van der Waals surface area contributed by atoms with Crippen molar-refractivity contribution in [2.24, 2.45) is 0 Å². The third-order valence-electron chi connectivity index (χ3n) is 4.29. The van der Waals surface area contributed by atoms with Crippen molar-refractivity contribution < 1.29 is 9.52 Å². The molecule has 0 radical (unpaired) electrons. The summed E-state index contributed by atoms with van der Waals surface area (Å²) in [6.07, 6.45) is 2.88. The molecule has 0 saturated heterocycles. The van der Waals surface area contributed by atoms with Crippen LogP contribution in [-0.2, 0) is 6.54 Å². The highest BCUT2D eigenvalue weighted by molar-refractivity contribution is 5.77. The van der Waals surface area contributed by atoms with E-state index in [0.29, 0.717) is 5.92 Å². The van der Waals surface area contributed by atoms with Gasteiger partial charge in [-0.2, -0.15) is 0 Å². The van der Waals surface area contributed by atoms with Crippen molar-refractivity contribution in [1.29, 1.82) is 0 Å². The highest BCUT2D eigenvalue weighted by Gasteiger charge is 2.24. The zero-order valence-corrected chi connectivity index (χ0v) is 13.0. The van der Waals surface area contributed by atoms with Gasteiger partial charge in [-0.05, 0) is 43.4 Å². The first-order valence-corrected chi connectivity index (χ1v) is 7.86. The van der Waals surface area contributed by atoms with Crippen molar-refractivity contribution in [3.05, 3.63) is 29.2 Å². The Labute approximate surface area is 125 Å². The fraction of sp³-hybridized carbons (Fsp3) is 0.588. The number of fused-ring (bicyclic) bond motifs is 1. The molecule has 114 valence electrons. The molecule has 1 fully saturated rings. The van der Waals surface area contributed by atoms with Gasteiger partial charge in [-0.25, -0.2) is 4.98 Å². The molecule has 21 heavy (non-hydrogen) atoms. The average molecular weight is 288 g/mol. The summed E-state index contributed by atoms with van der Waals surface area (Å²) in [6, 6.07) is 4.46. The van der Waals surface area contributed by atoms with Gasteiger partial charge in [-0.3, -0.25) is 0 Å². The van der Waals surface area contributed by atoms with Gasteiger partial charge in [0.1, 0.15) is 5.52 Å². The summed E-state index contributed by atoms with van der Waals surface area (Å²) in [6.45, 7) is 7.00. The number of aryl methyl sites for hydroxylation is 1. The molecule has 0 spiro atoms. The Morgan fingerprint density at radius 2 is 2.19 bits per heavy atom. The van der Waals surface area contributed by atoms with E-state index in [1.54, 1.807) is 0 Å². The van der Waals surface area contributed by atoms with Crippen molar-refractivity contribution in [3.8, 4) is 0 Å². The second-order valence-corrected chi connectivity index (χ2v) is 6.45. The van der Waals surface area contributed by atoms with Crippen LogP contribution in [0.15, 0.2) is 16.5 Å². The molecule has 2 aromatic rings. The highest BCUT2D eigenvalue weighted by Crippen LogP contribution is 2.26. The van der Waals surface area contributed by atoms with Gasteiger partial charge in [-0.15, -0.1) is 0 Å². The number of aromatic nitrogens is 1. The lowest BCUT2D eigenvalue weighted by atomic mass is 10.1. The second-order valence-electron chi connectivity index (χ2n) is 6.45. The summed E-state index contributed by atoms with van der Waals surface area (Å²) < 4.78 is 5.84. The molecule has 1 aromatic heterocycles. The Kier molecular flexibility index (Phi) is 4.00. The van der Waals surface area contributed by atoms with Crippen LogP contribution in [0.3, 0.4) is 0 Å². The van der Waals surface area contributed by atoms with E-state index in [1.807, 2.05) is 0 Å². The van der Waals surface area contributed by atoms with E-state index in [-0.39, 0.29) is 12.1 Å². The monoisotopic (exact) mass is 288 g/mol. The number of oxazole rings is 1. The number of benzene rings is 1. The Balaban J connectivity index is 1.79. The lowest BCUT2D eigenvalue weighted by Gasteiger charge is -2.16. The molecule has 2 atom stereocenters. The summed E-state index contributed by atoms with van der Waals surface area (Å²) >= 11 is 0. The highest BCUT2D eigenvalue weighted by atomic mass is 16.3. The SMILES string of the molecule is Cc1cc(CN[C@@H]2CCC[C@@H]2O)cc2nc(C(C)C)oc12. The average Bonchev–Trinajstić information content (AvgIpc) is 3.03. The largest absolute Gasteiger partial charge is 0.440 e. The summed E-state index contributed by atoms with van der Waals surface area (Å²) in [5, 5.41) is 13.3. The molecular formula is C17H24N2O2. The van der Waals surface area contributed by atoms with Crippen LogP contribution in [0, 0.1) is 6.92 Å². The molecule has 1 heterocycles. The lowest BCUT2D eigenvalue weighted by molar-refractivity contribution is 0.148. The van der Waals surface area contributed by atoms with Gasteiger partial charge in [-0.1, -0.05) is 19.9 Å². The zero-order valence-electron chi connectivity index (χ0n) is 13.0. The van der Waals surface area contributed by atoms with Gasteiger partial charge >= 0.3 is 0 Å². The molecule has 4 heteroatoms. The van der Waals surface area contributed by atoms with Crippen molar-refractivity contribution in [1.82, 2.24) is 10.3 Å². The number of hydrogen-bond acceptors (Lipinski definition) is 4. The fourth-order valence-corrected chi connectivity index (χ4v) is 3.07. The zero-order chi connectivity index (χ0) is 15.0. The summed E-state index contributed by atoms with van der Waals surface area (Å²) in [5.74, 6) is 1.09. The first-order valence-electron chi connectivity index (χ1n) is 7.86. The smallest absolute Gasteiger partial charge is 0.198 e. The number of nitrogens with zero attached hydrogens (tertiary/aromatic N) is 1. The lowest BCUT2D eigenvalue weighted by Crippen LogP contribution is -2.35. The van der Waals surface area contributed by atoms with Crippen LogP contribution in [-0.4, -0.2) is 22.2 Å². The minimum atomic E-state index is -0.200. The van der Waals surface area contributed by atoms with Crippen LogP contribution in [0.2, 0.25) is 0 Å². The van der Waals surface area contributed by atoms with Crippen LogP contribution < -0.4 is 5.32 Å². The Morgan fingerprint density at radius 3 is 2.86 bits per heavy atom.